The summed E-state index contributed by atoms with van der Waals surface area (Å²) in [6.07, 6.45) is 3.43. The number of rotatable bonds is 3. The van der Waals surface area contributed by atoms with Crippen molar-refractivity contribution in [3.63, 3.8) is 0 Å². The quantitative estimate of drug-likeness (QED) is 0.901. The predicted molar refractivity (Wildman–Crippen MR) is 70.0 cm³/mol. The molecule has 2 N–H and O–H groups in total. The third-order valence-electron chi connectivity index (χ3n) is 3.46. The summed E-state index contributed by atoms with van der Waals surface area (Å²) in [6.45, 7) is 2.78. The average Bonchev–Trinajstić information content (AvgIpc) is 2.34. The summed E-state index contributed by atoms with van der Waals surface area (Å²) in [4.78, 5) is 2.26. The van der Waals surface area contributed by atoms with Crippen LogP contribution in [-0.2, 0) is 0 Å². The van der Waals surface area contributed by atoms with Gasteiger partial charge in [-0.05, 0) is 49.9 Å². The summed E-state index contributed by atoms with van der Waals surface area (Å²) in [7, 11) is 0. The molecule has 1 aromatic carbocycles. The van der Waals surface area contributed by atoms with Gasteiger partial charge in [0.2, 0.25) is 0 Å². The lowest BCUT2D eigenvalue weighted by molar-refractivity contribution is 0.386. The molecule has 0 aromatic heterocycles. The maximum absolute atomic E-state index is 13.1. The number of anilines is 1. The first kappa shape index (κ1) is 12.7. The molecule has 0 spiro atoms. The van der Waals surface area contributed by atoms with Crippen molar-refractivity contribution >= 4 is 17.3 Å². The normalized spacial score (nSPS) is 17.5. The monoisotopic (exact) mass is 256 g/mol. The zero-order valence-corrected chi connectivity index (χ0v) is 10.6. The van der Waals surface area contributed by atoms with Gasteiger partial charge in [-0.15, -0.1) is 0 Å². The van der Waals surface area contributed by atoms with Crippen molar-refractivity contribution in [1.29, 1.82) is 0 Å². The standard InChI is InChI=1S/C13H18ClFN2/c14-12-9-11(1-2-13(12)15)17-7-4-10(3-6-16)5-8-17/h1-2,9-10H,3-8,16H2. The number of halogens is 2. The van der Waals surface area contributed by atoms with Crippen LogP contribution in [0.5, 0.6) is 0 Å². The largest absolute Gasteiger partial charge is 0.371 e. The van der Waals surface area contributed by atoms with Crippen LogP contribution in [0.1, 0.15) is 19.3 Å². The molecule has 0 saturated carbocycles. The first-order valence-corrected chi connectivity index (χ1v) is 6.48. The van der Waals surface area contributed by atoms with E-state index in [9.17, 15) is 4.39 Å². The number of nitrogens with two attached hydrogens (primary N) is 1. The van der Waals surface area contributed by atoms with Gasteiger partial charge in [0.25, 0.3) is 0 Å². The average molecular weight is 257 g/mol. The maximum Gasteiger partial charge on any atom is 0.141 e. The van der Waals surface area contributed by atoms with Crippen molar-refractivity contribution in [1.82, 2.24) is 0 Å². The second-order valence-electron chi connectivity index (χ2n) is 4.61. The second kappa shape index (κ2) is 5.69. The van der Waals surface area contributed by atoms with Crippen LogP contribution in [0.25, 0.3) is 0 Å². The van der Waals surface area contributed by atoms with Gasteiger partial charge in [-0.25, -0.2) is 4.39 Å². The van der Waals surface area contributed by atoms with E-state index in [-0.39, 0.29) is 10.8 Å². The fourth-order valence-electron chi connectivity index (χ4n) is 2.40. The lowest BCUT2D eigenvalue weighted by Gasteiger charge is -2.33. The molecule has 2 rings (SSSR count). The number of piperidine rings is 1. The molecule has 1 aromatic rings. The zero-order valence-electron chi connectivity index (χ0n) is 9.83. The van der Waals surface area contributed by atoms with Gasteiger partial charge in [-0.2, -0.15) is 0 Å². The van der Waals surface area contributed by atoms with Gasteiger partial charge in [0, 0.05) is 18.8 Å². The number of hydrogen-bond acceptors (Lipinski definition) is 2. The molecule has 0 amide bonds. The zero-order chi connectivity index (χ0) is 12.3. The molecule has 2 nitrogen and oxygen atoms in total. The molecule has 1 aliphatic heterocycles. The fourth-order valence-corrected chi connectivity index (χ4v) is 2.57. The van der Waals surface area contributed by atoms with E-state index in [1.807, 2.05) is 0 Å². The molecule has 0 aliphatic carbocycles. The Morgan fingerprint density at radius 1 is 1.35 bits per heavy atom. The summed E-state index contributed by atoms with van der Waals surface area (Å²) in [5.41, 5.74) is 6.59. The maximum atomic E-state index is 13.1. The molecule has 0 radical (unpaired) electrons. The van der Waals surface area contributed by atoms with Crippen LogP contribution in [0.2, 0.25) is 5.02 Å². The van der Waals surface area contributed by atoms with Crippen LogP contribution in [-0.4, -0.2) is 19.6 Å². The van der Waals surface area contributed by atoms with E-state index in [0.717, 1.165) is 50.5 Å². The van der Waals surface area contributed by atoms with Crippen molar-refractivity contribution in [2.75, 3.05) is 24.5 Å². The molecule has 0 bridgehead atoms. The Morgan fingerprint density at radius 2 is 2.06 bits per heavy atom. The van der Waals surface area contributed by atoms with E-state index in [0.29, 0.717) is 0 Å². The number of nitrogens with zero attached hydrogens (tertiary/aromatic N) is 1. The van der Waals surface area contributed by atoms with Crippen molar-refractivity contribution in [3.8, 4) is 0 Å². The van der Waals surface area contributed by atoms with Gasteiger partial charge in [0.05, 0.1) is 5.02 Å². The second-order valence-corrected chi connectivity index (χ2v) is 5.01. The highest BCUT2D eigenvalue weighted by Gasteiger charge is 2.19. The summed E-state index contributed by atoms with van der Waals surface area (Å²) < 4.78 is 13.1. The van der Waals surface area contributed by atoms with Gasteiger partial charge in [-0.3, -0.25) is 0 Å². The molecular formula is C13H18ClFN2. The molecule has 94 valence electrons. The van der Waals surface area contributed by atoms with Crippen molar-refractivity contribution < 1.29 is 4.39 Å². The Kier molecular flexibility index (Phi) is 4.24. The van der Waals surface area contributed by atoms with Crippen LogP contribution in [0.15, 0.2) is 18.2 Å². The SMILES string of the molecule is NCCC1CCN(c2ccc(F)c(Cl)c2)CC1. The Morgan fingerprint density at radius 3 is 2.65 bits per heavy atom. The van der Waals surface area contributed by atoms with Crippen molar-refractivity contribution in [3.05, 3.63) is 29.0 Å². The van der Waals surface area contributed by atoms with Gasteiger partial charge < -0.3 is 10.6 Å². The number of benzene rings is 1. The topological polar surface area (TPSA) is 29.3 Å². The van der Waals surface area contributed by atoms with Crippen molar-refractivity contribution in [2.45, 2.75) is 19.3 Å². The van der Waals surface area contributed by atoms with Gasteiger partial charge in [-0.1, -0.05) is 11.6 Å². The fraction of sp³-hybridized carbons (Fsp3) is 0.538. The number of hydrogen-bond donors (Lipinski definition) is 1. The molecule has 0 unspecified atom stereocenters. The van der Waals surface area contributed by atoms with Crippen LogP contribution < -0.4 is 10.6 Å². The first-order chi connectivity index (χ1) is 8.20. The summed E-state index contributed by atoms with van der Waals surface area (Å²) >= 11 is 5.79. The minimum absolute atomic E-state index is 0.201. The predicted octanol–water partition coefficient (Wildman–Crippen LogP) is 3.04. The molecular weight excluding hydrogens is 239 g/mol. The minimum Gasteiger partial charge on any atom is -0.371 e. The molecule has 1 fully saturated rings. The van der Waals surface area contributed by atoms with Crippen LogP contribution in [0.3, 0.4) is 0 Å². The Labute approximate surface area is 107 Å². The van der Waals surface area contributed by atoms with E-state index >= 15 is 0 Å². The Bertz CT molecular complexity index is 376. The van der Waals surface area contributed by atoms with E-state index in [1.54, 1.807) is 12.1 Å². The molecule has 1 saturated heterocycles. The van der Waals surface area contributed by atoms with Crippen LogP contribution >= 0.6 is 11.6 Å². The third-order valence-corrected chi connectivity index (χ3v) is 3.75. The highest BCUT2D eigenvalue weighted by Crippen LogP contribution is 2.27. The van der Waals surface area contributed by atoms with E-state index in [4.69, 9.17) is 17.3 Å². The van der Waals surface area contributed by atoms with Gasteiger partial charge in [0.1, 0.15) is 5.82 Å². The lowest BCUT2D eigenvalue weighted by Crippen LogP contribution is -2.34. The molecule has 0 atom stereocenters. The smallest absolute Gasteiger partial charge is 0.141 e. The highest BCUT2D eigenvalue weighted by atomic mass is 35.5. The molecule has 1 aliphatic rings. The minimum atomic E-state index is -0.353. The van der Waals surface area contributed by atoms with Crippen LogP contribution in [0.4, 0.5) is 10.1 Å². The molecule has 1 heterocycles. The lowest BCUT2D eigenvalue weighted by atomic mass is 9.93. The van der Waals surface area contributed by atoms with Gasteiger partial charge >= 0.3 is 0 Å². The van der Waals surface area contributed by atoms with Crippen LogP contribution in [0, 0.1) is 11.7 Å². The van der Waals surface area contributed by atoms with E-state index < -0.39 is 0 Å². The summed E-state index contributed by atoms with van der Waals surface area (Å²) in [6, 6.07) is 4.94. The first-order valence-electron chi connectivity index (χ1n) is 6.11. The van der Waals surface area contributed by atoms with E-state index in [1.165, 1.54) is 6.07 Å². The van der Waals surface area contributed by atoms with Crippen molar-refractivity contribution in [2.24, 2.45) is 11.7 Å². The Balaban J connectivity index is 1.98. The summed E-state index contributed by atoms with van der Waals surface area (Å²) in [5, 5.41) is 0.201. The van der Waals surface area contributed by atoms with E-state index in [2.05, 4.69) is 4.90 Å². The van der Waals surface area contributed by atoms with Gasteiger partial charge in [0.15, 0.2) is 0 Å². The molecule has 4 heteroatoms. The third kappa shape index (κ3) is 3.11. The summed E-state index contributed by atoms with van der Waals surface area (Å²) in [5.74, 6) is 0.389. The molecule has 17 heavy (non-hydrogen) atoms. The Hall–Kier alpha value is -0.800. The highest BCUT2D eigenvalue weighted by molar-refractivity contribution is 6.31.